The molecule has 1 aromatic heterocycles. The number of ether oxygens (including phenoxy) is 1. The minimum Gasteiger partial charge on any atom is -0.379 e. The van der Waals surface area contributed by atoms with Gasteiger partial charge in [0.25, 0.3) is 0 Å². The van der Waals surface area contributed by atoms with Gasteiger partial charge in [-0.05, 0) is 35.4 Å². The lowest BCUT2D eigenvalue weighted by molar-refractivity contribution is 0.0211. The normalized spacial score (nSPS) is 21.0. The second kappa shape index (κ2) is 8.21. The van der Waals surface area contributed by atoms with E-state index in [0.29, 0.717) is 29.3 Å². The van der Waals surface area contributed by atoms with Gasteiger partial charge in [0.2, 0.25) is 0 Å². The van der Waals surface area contributed by atoms with E-state index < -0.39 is 0 Å². The van der Waals surface area contributed by atoms with Gasteiger partial charge in [-0.1, -0.05) is 48.5 Å². The first-order valence-electron chi connectivity index (χ1n) is 9.29. The van der Waals surface area contributed by atoms with Gasteiger partial charge in [0.15, 0.2) is 5.82 Å². The van der Waals surface area contributed by atoms with Crippen molar-refractivity contribution in [2.45, 2.75) is 44.2 Å². The highest BCUT2D eigenvalue weighted by Crippen LogP contribution is 2.39. The van der Waals surface area contributed by atoms with E-state index in [0.717, 1.165) is 37.3 Å². The fourth-order valence-corrected chi connectivity index (χ4v) is 4.65. The van der Waals surface area contributed by atoms with Crippen LogP contribution in [0.2, 0.25) is 10.0 Å². The average Bonchev–Trinajstić information content (AvgIpc) is 3.15. The van der Waals surface area contributed by atoms with Gasteiger partial charge in [0, 0.05) is 28.7 Å². The Hall–Kier alpha value is -1.21. The standard InChI is InChI=1S/C18H23Cl2N5O/c19-14-7-4-8-15(20)16(14)17(24-9-11-26-12-10-24)18-21-22-23-25(18)13-5-2-1-3-6-13/h4,7-8,13,17H,1-3,5-6,9-12H2. The van der Waals surface area contributed by atoms with Crippen molar-refractivity contribution >= 4 is 23.2 Å². The van der Waals surface area contributed by atoms with E-state index in [-0.39, 0.29) is 6.04 Å². The lowest BCUT2D eigenvalue weighted by Gasteiger charge is -2.35. The maximum atomic E-state index is 6.58. The third kappa shape index (κ3) is 3.60. The molecule has 2 heterocycles. The summed E-state index contributed by atoms with van der Waals surface area (Å²) < 4.78 is 7.56. The Morgan fingerprint density at radius 3 is 2.42 bits per heavy atom. The predicted molar refractivity (Wildman–Crippen MR) is 101 cm³/mol. The quantitative estimate of drug-likeness (QED) is 0.785. The number of halogens is 2. The van der Waals surface area contributed by atoms with Crippen molar-refractivity contribution in [3.63, 3.8) is 0 Å². The zero-order chi connectivity index (χ0) is 17.9. The molecule has 6 nitrogen and oxygen atoms in total. The Morgan fingerprint density at radius 2 is 1.73 bits per heavy atom. The van der Waals surface area contributed by atoms with Crippen LogP contribution in [0.3, 0.4) is 0 Å². The molecule has 2 aliphatic rings. The fourth-order valence-electron chi connectivity index (χ4n) is 4.05. The van der Waals surface area contributed by atoms with Crippen LogP contribution in [0.25, 0.3) is 0 Å². The number of aromatic nitrogens is 4. The van der Waals surface area contributed by atoms with Crippen molar-refractivity contribution < 1.29 is 4.74 Å². The third-order valence-corrected chi connectivity index (χ3v) is 6.03. The molecule has 1 aliphatic carbocycles. The van der Waals surface area contributed by atoms with Gasteiger partial charge < -0.3 is 4.74 Å². The number of tetrazole rings is 1. The van der Waals surface area contributed by atoms with Crippen LogP contribution in [0.1, 0.15) is 55.6 Å². The van der Waals surface area contributed by atoms with Crippen LogP contribution in [0, 0.1) is 0 Å². The third-order valence-electron chi connectivity index (χ3n) is 5.37. The molecule has 1 saturated carbocycles. The van der Waals surface area contributed by atoms with Gasteiger partial charge in [-0.15, -0.1) is 5.10 Å². The lowest BCUT2D eigenvalue weighted by atomic mass is 9.95. The number of benzene rings is 1. The number of hydrogen-bond acceptors (Lipinski definition) is 5. The van der Waals surface area contributed by atoms with Crippen LogP contribution in [0.15, 0.2) is 18.2 Å². The second-order valence-corrected chi connectivity index (χ2v) is 7.77. The Kier molecular flexibility index (Phi) is 5.74. The minimum absolute atomic E-state index is 0.169. The molecule has 140 valence electrons. The smallest absolute Gasteiger partial charge is 0.173 e. The first-order chi connectivity index (χ1) is 12.8. The molecule has 1 aliphatic heterocycles. The van der Waals surface area contributed by atoms with Crippen molar-refractivity contribution in [3.05, 3.63) is 39.6 Å². The summed E-state index contributed by atoms with van der Waals surface area (Å²) in [6, 6.07) is 5.81. The largest absolute Gasteiger partial charge is 0.379 e. The molecule has 1 unspecified atom stereocenters. The Balaban J connectivity index is 1.78. The van der Waals surface area contributed by atoms with Gasteiger partial charge >= 0.3 is 0 Å². The van der Waals surface area contributed by atoms with Crippen molar-refractivity contribution in [2.24, 2.45) is 0 Å². The molecule has 0 radical (unpaired) electrons. The summed E-state index contributed by atoms with van der Waals surface area (Å²) in [5.41, 5.74) is 0.879. The summed E-state index contributed by atoms with van der Waals surface area (Å²) in [5.74, 6) is 0.828. The van der Waals surface area contributed by atoms with E-state index in [4.69, 9.17) is 27.9 Å². The Labute approximate surface area is 163 Å². The molecular formula is C18H23Cl2N5O. The maximum absolute atomic E-state index is 6.58. The molecule has 0 amide bonds. The molecule has 0 bridgehead atoms. The summed E-state index contributed by atoms with van der Waals surface area (Å²) in [4.78, 5) is 2.32. The number of rotatable bonds is 4. The van der Waals surface area contributed by atoms with Gasteiger partial charge in [-0.3, -0.25) is 4.90 Å². The van der Waals surface area contributed by atoms with Crippen molar-refractivity contribution in [1.82, 2.24) is 25.1 Å². The van der Waals surface area contributed by atoms with Gasteiger partial charge in [0.1, 0.15) is 6.04 Å². The van der Waals surface area contributed by atoms with E-state index in [1.807, 2.05) is 22.9 Å². The highest BCUT2D eigenvalue weighted by Gasteiger charge is 2.34. The van der Waals surface area contributed by atoms with Crippen LogP contribution >= 0.6 is 23.2 Å². The molecule has 0 spiro atoms. The molecule has 26 heavy (non-hydrogen) atoms. The van der Waals surface area contributed by atoms with Crippen LogP contribution < -0.4 is 0 Å². The fraction of sp³-hybridized carbons (Fsp3) is 0.611. The zero-order valence-corrected chi connectivity index (χ0v) is 16.2. The minimum atomic E-state index is -0.169. The molecular weight excluding hydrogens is 373 g/mol. The van der Waals surface area contributed by atoms with Crippen LogP contribution in [0.4, 0.5) is 0 Å². The topological polar surface area (TPSA) is 56.1 Å². The molecule has 1 saturated heterocycles. The molecule has 1 aromatic carbocycles. The van der Waals surface area contributed by atoms with Gasteiger partial charge in [-0.25, -0.2) is 4.68 Å². The first kappa shape index (κ1) is 18.2. The van der Waals surface area contributed by atoms with Crippen molar-refractivity contribution in [2.75, 3.05) is 26.3 Å². The summed E-state index contributed by atoms with van der Waals surface area (Å²) in [6.07, 6.45) is 5.96. The van der Waals surface area contributed by atoms with Crippen LogP contribution in [0.5, 0.6) is 0 Å². The molecule has 1 atom stereocenters. The average molecular weight is 396 g/mol. The monoisotopic (exact) mass is 395 g/mol. The second-order valence-electron chi connectivity index (χ2n) is 6.96. The van der Waals surface area contributed by atoms with Crippen molar-refractivity contribution in [1.29, 1.82) is 0 Å². The summed E-state index contributed by atoms with van der Waals surface area (Å²) in [5, 5.41) is 14.1. The van der Waals surface area contributed by atoms with Crippen molar-refractivity contribution in [3.8, 4) is 0 Å². The maximum Gasteiger partial charge on any atom is 0.173 e. The highest BCUT2D eigenvalue weighted by atomic mass is 35.5. The lowest BCUT2D eigenvalue weighted by Crippen LogP contribution is -2.41. The number of hydrogen-bond donors (Lipinski definition) is 0. The Bertz CT molecular complexity index is 721. The molecule has 8 heteroatoms. The summed E-state index contributed by atoms with van der Waals surface area (Å²) >= 11 is 13.2. The molecule has 2 aromatic rings. The SMILES string of the molecule is Clc1cccc(Cl)c1C(c1nnnn1C1CCCCC1)N1CCOCC1. The van der Waals surface area contributed by atoms with E-state index in [2.05, 4.69) is 20.4 Å². The van der Waals surface area contributed by atoms with E-state index >= 15 is 0 Å². The van der Waals surface area contributed by atoms with E-state index in [1.54, 1.807) is 0 Å². The van der Waals surface area contributed by atoms with Gasteiger partial charge in [-0.2, -0.15) is 0 Å². The molecule has 0 N–H and O–H groups in total. The summed E-state index contributed by atoms with van der Waals surface area (Å²) in [6.45, 7) is 2.96. The van der Waals surface area contributed by atoms with E-state index in [9.17, 15) is 0 Å². The van der Waals surface area contributed by atoms with Gasteiger partial charge in [0.05, 0.1) is 19.3 Å². The number of nitrogens with zero attached hydrogens (tertiary/aromatic N) is 5. The van der Waals surface area contributed by atoms with Crippen LogP contribution in [-0.4, -0.2) is 51.4 Å². The summed E-state index contributed by atoms with van der Waals surface area (Å²) in [7, 11) is 0. The predicted octanol–water partition coefficient (Wildman–Crippen LogP) is 3.91. The van der Waals surface area contributed by atoms with Crippen LogP contribution in [-0.2, 0) is 4.74 Å². The highest BCUT2D eigenvalue weighted by molar-refractivity contribution is 6.36. The van der Waals surface area contributed by atoms with E-state index in [1.165, 1.54) is 19.3 Å². The first-order valence-corrected chi connectivity index (χ1v) is 10.0. The Morgan fingerprint density at radius 1 is 1.04 bits per heavy atom. The molecule has 2 fully saturated rings. The molecule has 4 rings (SSSR count). The zero-order valence-electron chi connectivity index (χ0n) is 14.7. The number of morpholine rings is 1.